The van der Waals surface area contributed by atoms with Crippen LogP contribution in [0.15, 0.2) is 0 Å². The Hall–Kier alpha value is -2.00. The lowest BCUT2D eigenvalue weighted by molar-refractivity contribution is -0.786. The van der Waals surface area contributed by atoms with Gasteiger partial charge in [0.25, 0.3) is 0 Å². The van der Waals surface area contributed by atoms with Crippen LogP contribution in [0.3, 0.4) is 0 Å². The predicted octanol–water partition coefficient (Wildman–Crippen LogP) is 1.95. The summed E-state index contributed by atoms with van der Waals surface area (Å²) in [5, 5.41) is 12.6. The topological polar surface area (TPSA) is 107 Å². The molecule has 2 N–H and O–H groups in total. The SMILES string of the molecule is C[C@@H]1CCC[N+]1(C(=O)NC(=O)N(C)C)C(=O)[C@H](CC1CCCC1)CN(O)C=O. The van der Waals surface area contributed by atoms with Crippen LogP contribution in [-0.4, -0.2) is 77.3 Å². The highest BCUT2D eigenvalue weighted by atomic mass is 16.5. The second-order valence-corrected chi connectivity index (χ2v) is 8.36. The first-order valence-electron chi connectivity index (χ1n) is 10.1. The monoisotopic (exact) mass is 397 g/mol. The Morgan fingerprint density at radius 3 is 2.32 bits per heavy atom. The molecule has 1 heterocycles. The van der Waals surface area contributed by atoms with Crippen molar-refractivity contribution in [3.8, 4) is 0 Å². The molecule has 1 saturated carbocycles. The molecule has 9 nitrogen and oxygen atoms in total. The molecule has 0 aromatic carbocycles. The van der Waals surface area contributed by atoms with Crippen LogP contribution in [0.4, 0.5) is 9.59 Å². The van der Waals surface area contributed by atoms with Crippen LogP contribution < -0.4 is 5.32 Å². The minimum atomic E-state index is -0.654. The van der Waals surface area contributed by atoms with E-state index in [4.69, 9.17) is 0 Å². The van der Waals surface area contributed by atoms with E-state index in [0.717, 1.165) is 25.7 Å². The number of rotatable bonds is 6. The van der Waals surface area contributed by atoms with Crippen molar-refractivity contribution in [1.82, 2.24) is 15.3 Å². The Kier molecular flexibility index (Phi) is 7.54. The largest absolute Gasteiger partial charge is 0.432 e. The summed E-state index contributed by atoms with van der Waals surface area (Å²) in [5.41, 5.74) is 0. The molecular formula is C19H33N4O5+. The zero-order chi connectivity index (χ0) is 20.9. The third-order valence-electron chi connectivity index (χ3n) is 6.23. The number of quaternary nitrogens is 1. The molecule has 1 unspecified atom stereocenters. The molecule has 0 spiro atoms. The summed E-state index contributed by atoms with van der Waals surface area (Å²) in [6.45, 7) is 2.02. The van der Waals surface area contributed by atoms with E-state index >= 15 is 0 Å². The number of hydroxylamine groups is 2. The third kappa shape index (κ3) is 4.70. The Morgan fingerprint density at radius 1 is 1.18 bits per heavy atom. The van der Waals surface area contributed by atoms with E-state index < -0.39 is 22.5 Å². The van der Waals surface area contributed by atoms with Gasteiger partial charge < -0.3 is 4.90 Å². The van der Waals surface area contributed by atoms with Crippen LogP contribution in [-0.2, 0) is 9.59 Å². The van der Waals surface area contributed by atoms with Crippen LogP contribution in [0.2, 0.25) is 0 Å². The summed E-state index contributed by atoms with van der Waals surface area (Å²) in [5.74, 6) is -0.626. The maximum absolute atomic E-state index is 13.6. The van der Waals surface area contributed by atoms with E-state index in [1.165, 1.54) is 19.0 Å². The van der Waals surface area contributed by atoms with Crippen molar-refractivity contribution in [2.45, 2.75) is 57.9 Å². The summed E-state index contributed by atoms with van der Waals surface area (Å²) >= 11 is 0. The fourth-order valence-corrected chi connectivity index (χ4v) is 4.61. The van der Waals surface area contributed by atoms with Crippen molar-refractivity contribution in [3.05, 3.63) is 0 Å². The van der Waals surface area contributed by atoms with Crippen LogP contribution in [0.25, 0.3) is 0 Å². The van der Waals surface area contributed by atoms with Crippen LogP contribution >= 0.6 is 0 Å². The quantitative estimate of drug-likeness (QED) is 0.308. The fraction of sp³-hybridized carbons (Fsp3) is 0.789. The predicted molar refractivity (Wildman–Crippen MR) is 101 cm³/mol. The average Bonchev–Trinajstić information content (AvgIpc) is 3.30. The Bertz CT molecular complexity index is 605. The summed E-state index contributed by atoms with van der Waals surface area (Å²) < 4.78 is -0.455. The maximum Gasteiger partial charge on any atom is 0.432 e. The smallest absolute Gasteiger partial charge is 0.330 e. The number of imide groups is 2. The second-order valence-electron chi connectivity index (χ2n) is 8.36. The van der Waals surface area contributed by atoms with Crippen LogP contribution in [0.1, 0.15) is 51.9 Å². The molecule has 0 radical (unpaired) electrons. The van der Waals surface area contributed by atoms with Crippen LogP contribution in [0.5, 0.6) is 0 Å². The molecule has 1 saturated heterocycles. The standard InChI is InChI=1S/C19H32N4O5/c1-14-7-6-10-23(14,19(27)20-18(26)21(2)3)17(25)16(12-22(28)13-24)11-15-8-4-5-9-15/h13-16,28H,4-12H2,1-3H3/p+1/t14-,16-,23?/m1/s1. The lowest BCUT2D eigenvalue weighted by Crippen LogP contribution is -2.66. The lowest BCUT2D eigenvalue weighted by atomic mass is 9.91. The first kappa shape index (κ1) is 22.3. The number of hydrogen-bond donors (Lipinski definition) is 2. The van der Waals surface area contributed by atoms with Crippen molar-refractivity contribution in [3.63, 3.8) is 0 Å². The number of nitrogens with zero attached hydrogens (tertiary/aromatic N) is 3. The number of hydrogen-bond acceptors (Lipinski definition) is 5. The molecule has 1 aliphatic carbocycles. The van der Waals surface area contributed by atoms with Gasteiger partial charge in [0, 0.05) is 26.9 Å². The molecule has 28 heavy (non-hydrogen) atoms. The normalized spacial score (nSPS) is 25.9. The molecule has 2 rings (SSSR count). The van der Waals surface area contributed by atoms with Crippen molar-refractivity contribution < 1.29 is 28.9 Å². The van der Waals surface area contributed by atoms with Crippen molar-refractivity contribution >= 4 is 24.4 Å². The van der Waals surface area contributed by atoms with Gasteiger partial charge in [-0.05, 0) is 19.3 Å². The summed E-state index contributed by atoms with van der Waals surface area (Å²) in [7, 11) is 3.05. The van der Waals surface area contributed by atoms with Gasteiger partial charge in [-0.3, -0.25) is 10.0 Å². The minimum Gasteiger partial charge on any atom is -0.330 e. The molecule has 3 atom stereocenters. The zero-order valence-electron chi connectivity index (χ0n) is 17.1. The molecular weight excluding hydrogens is 364 g/mol. The molecule has 9 heteroatoms. The summed E-state index contributed by atoms with van der Waals surface area (Å²) in [4.78, 5) is 51.0. The number of likely N-dealkylation sites (tertiary alicyclic amines) is 1. The molecule has 2 aliphatic rings. The van der Waals surface area contributed by atoms with Gasteiger partial charge in [0.15, 0.2) is 0 Å². The van der Waals surface area contributed by atoms with E-state index in [1.807, 2.05) is 6.92 Å². The minimum absolute atomic E-state index is 0.138. The highest BCUT2D eigenvalue weighted by Gasteiger charge is 2.55. The second kappa shape index (κ2) is 9.47. The number of urea groups is 2. The van der Waals surface area contributed by atoms with E-state index in [-0.39, 0.29) is 24.9 Å². The maximum atomic E-state index is 13.6. The van der Waals surface area contributed by atoms with E-state index in [9.17, 15) is 24.4 Å². The van der Waals surface area contributed by atoms with Crippen LogP contribution in [0, 0.1) is 11.8 Å². The van der Waals surface area contributed by atoms with Gasteiger partial charge >= 0.3 is 18.0 Å². The van der Waals surface area contributed by atoms with Gasteiger partial charge in [-0.15, -0.1) is 0 Å². The molecule has 6 amide bonds. The zero-order valence-corrected chi connectivity index (χ0v) is 17.1. The fourth-order valence-electron chi connectivity index (χ4n) is 4.61. The highest BCUT2D eigenvalue weighted by molar-refractivity contribution is 5.95. The first-order valence-corrected chi connectivity index (χ1v) is 10.1. The van der Waals surface area contributed by atoms with Gasteiger partial charge in [0.2, 0.25) is 6.41 Å². The van der Waals surface area contributed by atoms with Gasteiger partial charge in [-0.2, -0.15) is 4.48 Å². The first-order chi connectivity index (χ1) is 13.2. The third-order valence-corrected chi connectivity index (χ3v) is 6.23. The lowest BCUT2D eigenvalue weighted by Gasteiger charge is -2.36. The van der Waals surface area contributed by atoms with Crippen molar-refractivity contribution in [1.29, 1.82) is 0 Å². The van der Waals surface area contributed by atoms with Gasteiger partial charge in [-0.25, -0.2) is 24.8 Å². The molecule has 2 fully saturated rings. The van der Waals surface area contributed by atoms with E-state index in [2.05, 4.69) is 5.32 Å². The summed E-state index contributed by atoms with van der Waals surface area (Å²) in [6.07, 6.45) is 6.44. The van der Waals surface area contributed by atoms with E-state index in [0.29, 0.717) is 36.8 Å². The highest BCUT2D eigenvalue weighted by Crippen LogP contribution is 2.35. The molecule has 0 aromatic heterocycles. The molecule has 0 aromatic rings. The van der Waals surface area contributed by atoms with Gasteiger partial charge in [0.1, 0.15) is 6.04 Å². The average molecular weight is 397 g/mol. The number of carbonyl (C=O) groups is 4. The summed E-state index contributed by atoms with van der Waals surface area (Å²) in [6, 6.07) is -1.46. The Morgan fingerprint density at radius 2 is 1.82 bits per heavy atom. The van der Waals surface area contributed by atoms with Crippen molar-refractivity contribution in [2.75, 3.05) is 27.2 Å². The molecule has 1 aliphatic heterocycles. The van der Waals surface area contributed by atoms with E-state index in [1.54, 1.807) is 0 Å². The Labute approximate surface area is 166 Å². The number of amides is 6. The van der Waals surface area contributed by atoms with Gasteiger partial charge in [-0.1, -0.05) is 25.7 Å². The Balaban J connectivity index is 2.29. The van der Waals surface area contributed by atoms with Gasteiger partial charge in [0.05, 0.1) is 19.0 Å². The molecule has 158 valence electrons. The number of carbonyl (C=O) groups excluding carboxylic acids is 4. The number of nitrogens with one attached hydrogen (secondary N) is 1. The van der Waals surface area contributed by atoms with Crippen molar-refractivity contribution in [2.24, 2.45) is 11.8 Å². The molecule has 0 bridgehead atoms.